The van der Waals surface area contributed by atoms with E-state index in [9.17, 15) is 13.2 Å². The molecule has 0 atom stereocenters. The highest BCUT2D eigenvalue weighted by atomic mass is 79.9. The van der Waals surface area contributed by atoms with Crippen molar-refractivity contribution in [2.45, 2.75) is 24.7 Å². The Labute approximate surface area is 190 Å². The van der Waals surface area contributed by atoms with E-state index in [0.717, 1.165) is 12.8 Å². The Morgan fingerprint density at radius 3 is 2.43 bits per heavy atom. The van der Waals surface area contributed by atoms with E-state index < -0.39 is 10.0 Å². The first-order valence-corrected chi connectivity index (χ1v) is 12.1. The molecule has 1 amide bonds. The summed E-state index contributed by atoms with van der Waals surface area (Å²) in [4.78, 5) is 12.7. The number of sulfonamides is 1. The number of nitrogens with one attached hydrogen (secondary N) is 2. The van der Waals surface area contributed by atoms with Crippen molar-refractivity contribution in [2.24, 2.45) is 0 Å². The Balaban J connectivity index is 1.61. The van der Waals surface area contributed by atoms with Gasteiger partial charge in [0.25, 0.3) is 5.91 Å². The van der Waals surface area contributed by atoms with Gasteiger partial charge in [0.15, 0.2) is 5.11 Å². The monoisotopic (exact) mass is 511 g/mol. The van der Waals surface area contributed by atoms with E-state index in [0.29, 0.717) is 41.2 Å². The van der Waals surface area contributed by atoms with Gasteiger partial charge in [-0.3, -0.25) is 10.1 Å². The largest absolute Gasteiger partial charge is 0.493 e. The number of benzene rings is 2. The molecule has 7 nitrogen and oxygen atoms in total. The minimum absolute atomic E-state index is 0.111. The molecule has 10 heteroatoms. The maximum absolute atomic E-state index is 12.6. The zero-order valence-electron chi connectivity index (χ0n) is 16.4. The van der Waals surface area contributed by atoms with Gasteiger partial charge >= 0.3 is 0 Å². The fourth-order valence-corrected chi connectivity index (χ4v) is 5.26. The van der Waals surface area contributed by atoms with Crippen LogP contribution in [0.5, 0.6) is 5.75 Å². The molecule has 160 valence electrons. The first-order valence-electron chi connectivity index (χ1n) is 9.46. The first-order chi connectivity index (χ1) is 14.3. The molecule has 2 aromatic carbocycles. The van der Waals surface area contributed by atoms with E-state index in [2.05, 4.69) is 26.6 Å². The molecule has 0 aliphatic carbocycles. The van der Waals surface area contributed by atoms with Crippen molar-refractivity contribution in [3.63, 3.8) is 0 Å². The number of nitrogens with zero attached hydrogens (tertiary/aromatic N) is 1. The molecule has 1 aliphatic heterocycles. The summed E-state index contributed by atoms with van der Waals surface area (Å²) < 4.78 is 32.7. The van der Waals surface area contributed by atoms with Gasteiger partial charge in [-0.1, -0.05) is 0 Å². The van der Waals surface area contributed by atoms with Crippen LogP contribution in [0.4, 0.5) is 5.69 Å². The minimum Gasteiger partial charge on any atom is -0.493 e. The molecule has 1 aliphatic rings. The second-order valence-electron chi connectivity index (χ2n) is 6.62. The van der Waals surface area contributed by atoms with Crippen molar-refractivity contribution < 1.29 is 17.9 Å². The van der Waals surface area contributed by atoms with Crippen molar-refractivity contribution in [1.82, 2.24) is 9.62 Å². The van der Waals surface area contributed by atoms with Gasteiger partial charge in [-0.15, -0.1) is 0 Å². The zero-order valence-corrected chi connectivity index (χ0v) is 19.6. The standard InChI is InChI=1S/C20H22BrN3O4S2/c1-2-28-18-10-5-14(13-17(18)21)19(25)23-20(29)22-15-6-8-16(9-7-15)30(26,27)24-11-3-4-12-24/h5-10,13H,2-4,11-12H2,1H3,(H2,22,23,25,29). The summed E-state index contributed by atoms with van der Waals surface area (Å²) in [6, 6.07) is 11.3. The fraction of sp³-hybridized carbons (Fsp3) is 0.300. The summed E-state index contributed by atoms with van der Waals surface area (Å²) in [5.74, 6) is 0.281. The third kappa shape index (κ3) is 5.37. The third-order valence-corrected chi connectivity index (χ3v) is 7.27. The van der Waals surface area contributed by atoms with Crippen molar-refractivity contribution in [2.75, 3.05) is 25.0 Å². The van der Waals surface area contributed by atoms with Crippen LogP contribution in [0.15, 0.2) is 51.8 Å². The van der Waals surface area contributed by atoms with E-state index in [-0.39, 0.29) is 15.9 Å². The Kier molecular flexibility index (Phi) is 7.45. The molecule has 0 radical (unpaired) electrons. The summed E-state index contributed by atoms with van der Waals surface area (Å²) in [7, 11) is -3.46. The smallest absolute Gasteiger partial charge is 0.257 e. The van der Waals surface area contributed by atoms with Crippen LogP contribution in [0.25, 0.3) is 0 Å². The lowest BCUT2D eigenvalue weighted by atomic mass is 10.2. The molecule has 0 unspecified atom stereocenters. The molecular formula is C20H22BrN3O4S2. The highest BCUT2D eigenvalue weighted by Crippen LogP contribution is 2.26. The summed E-state index contributed by atoms with van der Waals surface area (Å²) in [6.07, 6.45) is 1.77. The SMILES string of the molecule is CCOc1ccc(C(=O)NC(=S)Nc2ccc(S(=O)(=O)N3CCCC3)cc2)cc1Br. The number of amides is 1. The predicted molar refractivity (Wildman–Crippen MR) is 123 cm³/mol. The number of hydrogen-bond acceptors (Lipinski definition) is 5. The second-order valence-corrected chi connectivity index (χ2v) is 9.82. The number of anilines is 1. The van der Waals surface area contributed by atoms with Crippen molar-refractivity contribution >= 4 is 54.9 Å². The summed E-state index contributed by atoms with van der Waals surface area (Å²) in [5.41, 5.74) is 0.995. The van der Waals surface area contributed by atoms with Crippen LogP contribution in [-0.4, -0.2) is 43.4 Å². The van der Waals surface area contributed by atoms with Crippen molar-refractivity contribution in [3.05, 3.63) is 52.5 Å². The Morgan fingerprint density at radius 2 is 1.83 bits per heavy atom. The topological polar surface area (TPSA) is 87.7 Å². The maximum atomic E-state index is 12.6. The average molecular weight is 512 g/mol. The van der Waals surface area contributed by atoms with Gasteiger partial charge in [0.1, 0.15) is 5.75 Å². The third-order valence-electron chi connectivity index (χ3n) is 4.54. The van der Waals surface area contributed by atoms with Gasteiger partial charge in [-0.2, -0.15) is 4.31 Å². The van der Waals surface area contributed by atoms with Crippen LogP contribution in [0, 0.1) is 0 Å². The van der Waals surface area contributed by atoms with Gasteiger partial charge in [-0.05, 0) is 90.4 Å². The van der Waals surface area contributed by atoms with Crippen LogP contribution in [0.1, 0.15) is 30.1 Å². The Morgan fingerprint density at radius 1 is 1.17 bits per heavy atom. The molecule has 0 saturated carbocycles. The average Bonchev–Trinajstić information content (AvgIpc) is 3.26. The maximum Gasteiger partial charge on any atom is 0.257 e. The number of carbonyl (C=O) groups is 1. The Bertz CT molecular complexity index is 1040. The highest BCUT2D eigenvalue weighted by molar-refractivity contribution is 9.10. The molecule has 0 bridgehead atoms. The van der Waals surface area contributed by atoms with Crippen molar-refractivity contribution in [1.29, 1.82) is 0 Å². The molecule has 0 aromatic heterocycles. The van der Waals surface area contributed by atoms with E-state index in [1.54, 1.807) is 30.3 Å². The second kappa shape index (κ2) is 9.86. The highest BCUT2D eigenvalue weighted by Gasteiger charge is 2.26. The molecule has 1 saturated heterocycles. The van der Waals surface area contributed by atoms with E-state index in [1.807, 2.05) is 6.92 Å². The van der Waals surface area contributed by atoms with Gasteiger partial charge in [-0.25, -0.2) is 8.42 Å². The number of halogens is 1. The molecule has 3 rings (SSSR count). The van der Waals surface area contributed by atoms with Crippen LogP contribution >= 0.6 is 28.1 Å². The lowest BCUT2D eigenvalue weighted by Gasteiger charge is -2.16. The summed E-state index contributed by atoms with van der Waals surface area (Å²) >= 11 is 8.58. The predicted octanol–water partition coefficient (Wildman–Crippen LogP) is 3.76. The molecule has 0 spiro atoms. The number of carbonyl (C=O) groups excluding carboxylic acids is 1. The van der Waals surface area contributed by atoms with E-state index in [1.165, 1.54) is 16.4 Å². The van der Waals surface area contributed by atoms with Crippen molar-refractivity contribution in [3.8, 4) is 5.75 Å². The molecule has 30 heavy (non-hydrogen) atoms. The van der Waals surface area contributed by atoms with Crippen LogP contribution in [-0.2, 0) is 10.0 Å². The first kappa shape index (κ1) is 22.7. The Hall–Kier alpha value is -2.01. The van der Waals surface area contributed by atoms with E-state index in [4.69, 9.17) is 17.0 Å². The summed E-state index contributed by atoms with van der Waals surface area (Å²) in [5, 5.41) is 5.61. The minimum atomic E-state index is -3.46. The molecule has 2 aromatic rings. The number of thiocarbonyl (C=S) groups is 1. The number of rotatable bonds is 6. The molecule has 1 heterocycles. The van der Waals surface area contributed by atoms with Gasteiger partial charge in [0.2, 0.25) is 10.0 Å². The number of hydrogen-bond donors (Lipinski definition) is 2. The lowest BCUT2D eigenvalue weighted by Crippen LogP contribution is -2.34. The zero-order chi connectivity index (χ0) is 21.7. The fourth-order valence-electron chi connectivity index (χ4n) is 3.04. The van der Waals surface area contributed by atoms with Crippen LogP contribution < -0.4 is 15.4 Å². The lowest BCUT2D eigenvalue weighted by molar-refractivity contribution is 0.0977. The normalized spacial score (nSPS) is 14.3. The number of ether oxygens (including phenoxy) is 1. The van der Waals surface area contributed by atoms with Gasteiger partial charge < -0.3 is 10.1 Å². The quantitative estimate of drug-likeness (QED) is 0.574. The van der Waals surface area contributed by atoms with Crippen LogP contribution in [0.2, 0.25) is 0 Å². The van der Waals surface area contributed by atoms with Crippen LogP contribution in [0.3, 0.4) is 0 Å². The van der Waals surface area contributed by atoms with E-state index >= 15 is 0 Å². The molecule has 1 fully saturated rings. The summed E-state index contributed by atoms with van der Waals surface area (Å²) in [6.45, 7) is 3.52. The molecular weight excluding hydrogens is 490 g/mol. The van der Waals surface area contributed by atoms with Gasteiger partial charge in [0.05, 0.1) is 16.0 Å². The van der Waals surface area contributed by atoms with Gasteiger partial charge in [0, 0.05) is 24.3 Å². The molecule has 2 N–H and O–H groups in total.